The lowest BCUT2D eigenvalue weighted by atomic mass is 10.4. The average Bonchev–Trinajstić information content (AvgIpc) is 2.43. The summed E-state index contributed by atoms with van der Waals surface area (Å²) in [5.41, 5.74) is 5.26. The maximum Gasteiger partial charge on any atom is 0.356 e. The number of aromatic amines is 1. The molecule has 6 heteroatoms. The van der Waals surface area contributed by atoms with Crippen LogP contribution >= 0.6 is 0 Å². The molecule has 0 bridgehead atoms. The first-order valence-electron chi connectivity index (χ1n) is 3.55. The van der Waals surface area contributed by atoms with Crippen LogP contribution in [0.25, 0.3) is 0 Å². The number of aromatic nitrogens is 2. The van der Waals surface area contributed by atoms with Crippen LogP contribution in [0.5, 0.6) is 0 Å². The van der Waals surface area contributed by atoms with E-state index in [9.17, 15) is 10.1 Å². The second-order valence-electron chi connectivity index (χ2n) is 2.28. The van der Waals surface area contributed by atoms with E-state index in [0.717, 1.165) is 0 Å². The molecule has 1 aromatic heterocycles. The quantitative estimate of drug-likeness (QED) is 0.359. The summed E-state index contributed by atoms with van der Waals surface area (Å²) in [6.45, 7) is 1.78. The second-order valence-corrected chi connectivity index (χ2v) is 2.28. The van der Waals surface area contributed by atoms with E-state index in [1.54, 1.807) is 6.92 Å². The van der Waals surface area contributed by atoms with Gasteiger partial charge in [-0.1, -0.05) is 5.92 Å². The standard InChI is InChI=1S/C7H8N4O2/c1-5-9-6(3-2-4-8)7(10-5)11(12)13/h4,8H2,1H3,(H,9,10). The molecule has 0 saturated heterocycles. The summed E-state index contributed by atoms with van der Waals surface area (Å²) < 4.78 is 0. The minimum Gasteiger partial charge on any atom is -0.358 e. The van der Waals surface area contributed by atoms with Crippen molar-refractivity contribution >= 4 is 5.82 Å². The molecule has 6 nitrogen and oxygen atoms in total. The third-order valence-electron chi connectivity index (χ3n) is 1.29. The first-order chi connectivity index (χ1) is 6.15. The molecule has 0 amide bonds. The van der Waals surface area contributed by atoms with Crippen molar-refractivity contribution < 1.29 is 4.92 Å². The van der Waals surface area contributed by atoms with Crippen LogP contribution in [0.4, 0.5) is 5.82 Å². The van der Waals surface area contributed by atoms with Gasteiger partial charge in [0, 0.05) is 6.92 Å². The Hall–Kier alpha value is -1.87. The lowest BCUT2D eigenvalue weighted by molar-refractivity contribution is -0.389. The molecule has 0 aliphatic heterocycles. The molecule has 0 aliphatic rings. The van der Waals surface area contributed by atoms with Gasteiger partial charge in [0.05, 0.1) is 6.54 Å². The van der Waals surface area contributed by atoms with Gasteiger partial charge in [0.1, 0.15) is 0 Å². The van der Waals surface area contributed by atoms with E-state index in [2.05, 4.69) is 21.8 Å². The first kappa shape index (κ1) is 9.22. The Bertz CT molecular complexity index is 385. The lowest BCUT2D eigenvalue weighted by Crippen LogP contribution is -1.94. The Balaban J connectivity index is 3.12. The number of hydrogen-bond acceptors (Lipinski definition) is 4. The highest BCUT2D eigenvalue weighted by Gasteiger charge is 2.15. The Morgan fingerprint density at radius 2 is 2.46 bits per heavy atom. The average molecular weight is 180 g/mol. The number of imidazole rings is 1. The van der Waals surface area contributed by atoms with Gasteiger partial charge in [-0.3, -0.25) is 0 Å². The van der Waals surface area contributed by atoms with E-state index in [4.69, 9.17) is 5.73 Å². The van der Waals surface area contributed by atoms with Crippen molar-refractivity contribution in [1.29, 1.82) is 0 Å². The van der Waals surface area contributed by atoms with Gasteiger partial charge in [-0.05, 0) is 10.8 Å². The van der Waals surface area contributed by atoms with E-state index in [1.165, 1.54) is 0 Å². The van der Waals surface area contributed by atoms with Crippen LogP contribution in [0.15, 0.2) is 0 Å². The third-order valence-corrected chi connectivity index (χ3v) is 1.29. The van der Waals surface area contributed by atoms with Crippen molar-refractivity contribution in [3.05, 3.63) is 21.6 Å². The van der Waals surface area contributed by atoms with Crippen molar-refractivity contribution in [3.8, 4) is 11.8 Å². The fourth-order valence-corrected chi connectivity index (χ4v) is 0.833. The highest BCUT2D eigenvalue weighted by atomic mass is 16.6. The zero-order chi connectivity index (χ0) is 9.84. The van der Waals surface area contributed by atoms with Crippen molar-refractivity contribution in [2.24, 2.45) is 5.73 Å². The van der Waals surface area contributed by atoms with Crippen LogP contribution in [-0.4, -0.2) is 21.4 Å². The molecule has 1 rings (SSSR count). The summed E-state index contributed by atoms with van der Waals surface area (Å²) >= 11 is 0. The fraction of sp³-hybridized carbons (Fsp3) is 0.286. The highest BCUT2D eigenvalue weighted by molar-refractivity contribution is 5.42. The van der Waals surface area contributed by atoms with Gasteiger partial charge in [0.15, 0.2) is 5.82 Å². The number of nitrogens with two attached hydrogens (primary N) is 1. The lowest BCUT2D eigenvalue weighted by Gasteiger charge is -1.87. The molecule has 0 aliphatic carbocycles. The summed E-state index contributed by atoms with van der Waals surface area (Å²) in [5, 5.41) is 10.4. The molecular weight excluding hydrogens is 172 g/mol. The van der Waals surface area contributed by atoms with Gasteiger partial charge in [-0.25, -0.2) is 4.98 Å². The van der Waals surface area contributed by atoms with E-state index in [-0.39, 0.29) is 18.1 Å². The van der Waals surface area contributed by atoms with Gasteiger partial charge in [-0.2, -0.15) is 4.98 Å². The maximum atomic E-state index is 10.4. The molecule has 68 valence electrons. The van der Waals surface area contributed by atoms with Crippen molar-refractivity contribution in [1.82, 2.24) is 9.97 Å². The molecule has 13 heavy (non-hydrogen) atoms. The minimum atomic E-state index is -0.555. The third kappa shape index (κ3) is 2.04. The predicted octanol–water partition coefficient (Wildman–Crippen LogP) is -0.0635. The van der Waals surface area contributed by atoms with Gasteiger partial charge in [0.25, 0.3) is 0 Å². The van der Waals surface area contributed by atoms with Crippen molar-refractivity contribution in [2.75, 3.05) is 6.54 Å². The predicted molar refractivity (Wildman–Crippen MR) is 45.9 cm³/mol. The second kappa shape index (κ2) is 3.69. The molecule has 0 unspecified atom stereocenters. The molecule has 0 saturated carbocycles. The summed E-state index contributed by atoms with van der Waals surface area (Å²) in [5.74, 6) is 5.30. The van der Waals surface area contributed by atoms with Crippen LogP contribution in [0.1, 0.15) is 11.5 Å². The number of H-pyrrole nitrogens is 1. The van der Waals surface area contributed by atoms with Crippen LogP contribution < -0.4 is 5.73 Å². The topological polar surface area (TPSA) is 97.8 Å². The maximum absolute atomic E-state index is 10.4. The number of nitrogens with one attached hydrogen (secondary N) is 1. The number of aryl methyl sites for hydroxylation is 1. The highest BCUT2D eigenvalue weighted by Crippen LogP contribution is 2.12. The molecular formula is C7H8N4O2. The SMILES string of the molecule is Cc1nc(C#CCN)c([N+](=O)[O-])[nH]1. The molecule has 0 aromatic carbocycles. The number of nitro groups is 1. The zero-order valence-electron chi connectivity index (χ0n) is 7.00. The van der Waals surface area contributed by atoms with Crippen LogP contribution in [0.2, 0.25) is 0 Å². The summed E-state index contributed by atoms with van der Waals surface area (Å²) in [7, 11) is 0. The summed E-state index contributed by atoms with van der Waals surface area (Å²) in [6, 6.07) is 0. The van der Waals surface area contributed by atoms with E-state index in [0.29, 0.717) is 5.82 Å². The van der Waals surface area contributed by atoms with Crippen LogP contribution in [0.3, 0.4) is 0 Å². The Labute approximate surface area is 74.3 Å². The van der Waals surface area contributed by atoms with Gasteiger partial charge in [0.2, 0.25) is 5.69 Å². The van der Waals surface area contributed by atoms with Gasteiger partial charge < -0.3 is 15.8 Å². The largest absolute Gasteiger partial charge is 0.358 e. The molecule has 1 aromatic rings. The molecule has 0 spiro atoms. The Morgan fingerprint density at radius 1 is 1.77 bits per heavy atom. The monoisotopic (exact) mass is 180 g/mol. The van der Waals surface area contributed by atoms with Crippen LogP contribution in [-0.2, 0) is 0 Å². The summed E-state index contributed by atoms with van der Waals surface area (Å²) in [6.07, 6.45) is 0. The van der Waals surface area contributed by atoms with Gasteiger partial charge >= 0.3 is 5.82 Å². The number of hydrogen-bond donors (Lipinski definition) is 2. The minimum absolute atomic E-state index is 0.132. The van der Waals surface area contributed by atoms with Crippen molar-refractivity contribution in [2.45, 2.75) is 6.92 Å². The van der Waals surface area contributed by atoms with Gasteiger partial charge in [-0.15, -0.1) is 0 Å². The molecule has 0 radical (unpaired) electrons. The Kier molecular flexibility index (Phi) is 2.62. The summed E-state index contributed by atoms with van der Waals surface area (Å²) in [4.78, 5) is 16.2. The molecule has 1 heterocycles. The van der Waals surface area contributed by atoms with E-state index >= 15 is 0 Å². The number of rotatable bonds is 1. The van der Waals surface area contributed by atoms with Crippen LogP contribution in [0, 0.1) is 28.9 Å². The van der Waals surface area contributed by atoms with E-state index < -0.39 is 4.92 Å². The molecule has 0 fully saturated rings. The van der Waals surface area contributed by atoms with E-state index in [1.807, 2.05) is 0 Å². The van der Waals surface area contributed by atoms with Crippen molar-refractivity contribution in [3.63, 3.8) is 0 Å². The smallest absolute Gasteiger partial charge is 0.356 e. The zero-order valence-corrected chi connectivity index (χ0v) is 7.00. The fourth-order valence-electron chi connectivity index (χ4n) is 0.833. The molecule has 0 atom stereocenters. The first-order valence-corrected chi connectivity index (χ1v) is 3.55. The molecule has 3 N–H and O–H groups in total. The normalized spacial score (nSPS) is 9.08. The Morgan fingerprint density at radius 3 is 3.00 bits per heavy atom. The number of nitrogens with zero attached hydrogens (tertiary/aromatic N) is 2.